The zero-order valence-electron chi connectivity index (χ0n) is 8.73. The first kappa shape index (κ1) is 10.3. The Kier molecular flexibility index (Phi) is 2.64. The molecule has 16 heavy (non-hydrogen) atoms. The highest BCUT2D eigenvalue weighted by Crippen LogP contribution is 2.17. The average Bonchev–Trinajstić information content (AvgIpc) is 2.72. The number of furan rings is 1. The van der Waals surface area contributed by atoms with E-state index in [-0.39, 0.29) is 5.71 Å². The van der Waals surface area contributed by atoms with Gasteiger partial charge in [-0.1, -0.05) is 6.08 Å². The van der Waals surface area contributed by atoms with Crippen LogP contribution < -0.4 is 11.5 Å². The number of hydrogen-bond donors (Lipinski definition) is 3. The van der Waals surface area contributed by atoms with E-state index in [1.54, 1.807) is 24.3 Å². The van der Waals surface area contributed by atoms with E-state index in [4.69, 9.17) is 21.3 Å². The van der Waals surface area contributed by atoms with Crippen LogP contribution in [0, 0.1) is 5.41 Å². The largest absolute Gasteiger partial charge is 0.463 e. The molecular formula is C12H13N3O. The summed E-state index contributed by atoms with van der Waals surface area (Å²) in [7, 11) is 0. The molecule has 0 aliphatic heterocycles. The molecule has 0 bridgehead atoms. The molecule has 0 unspecified atom stereocenters. The van der Waals surface area contributed by atoms with Gasteiger partial charge in [0.15, 0.2) is 5.76 Å². The average molecular weight is 215 g/mol. The van der Waals surface area contributed by atoms with Crippen molar-refractivity contribution in [3.05, 3.63) is 59.4 Å². The Hall–Kier alpha value is -2.23. The minimum absolute atomic E-state index is 0.258. The van der Waals surface area contributed by atoms with Gasteiger partial charge in [-0.3, -0.25) is 5.41 Å². The topological polar surface area (TPSA) is 89.0 Å². The van der Waals surface area contributed by atoms with Crippen molar-refractivity contribution in [3.63, 3.8) is 0 Å². The first-order valence-corrected chi connectivity index (χ1v) is 4.93. The smallest absolute Gasteiger partial charge is 0.152 e. The van der Waals surface area contributed by atoms with E-state index in [0.717, 1.165) is 0 Å². The van der Waals surface area contributed by atoms with Gasteiger partial charge < -0.3 is 15.9 Å². The fourth-order valence-electron chi connectivity index (χ4n) is 1.53. The second kappa shape index (κ2) is 4.10. The second-order valence-corrected chi connectivity index (χ2v) is 3.54. The van der Waals surface area contributed by atoms with Crippen molar-refractivity contribution in [3.8, 4) is 0 Å². The van der Waals surface area contributed by atoms with Gasteiger partial charge in [-0.15, -0.1) is 0 Å². The minimum Gasteiger partial charge on any atom is -0.463 e. The van der Waals surface area contributed by atoms with Gasteiger partial charge in [-0.2, -0.15) is 0 Å². The summed E-state index contributed by atoms with van der Waals surface area (Å²) in [5.74, 6) is 0.490. The molecule has 1 aliphatic rings. The molecule has 0 aromatic carbocycles. The molecule has 0 atom stereocenters. The summed E-state index contributed by atoms with van der Waals surface area (Å²) in [5.41, 5.74) is 13.7. The molecule has 0 spiro atoms. The van der Waals surface area contributed by atoms with E-state index >= 15 is 0 Å². The maximum atomic E-state index is 8.00. The predicted molar refractivity (Wildman–Crippen MR) is 62.8 cm³/mol. The van der Waals surface area contributed by atoms with Gasteiger partial charge in [0.05, 0.1) is 6.26 Å². The second-order valence-electron chi connectivity index (χ2n) is 3.54. The zero-order chi connectivity index (χ0) is 11.5. The van der Waals surface area contributed by atoms with E-state index in [1.807, 2.05) is 6.08 Å². The van der Waals surface area contributed by atoms with Crippen molar-refractivity contribution in [2.75, 3.05) is 0 Å². The molecule has 0 saturated heterocycles. The third kappa shape index (κ3) is 1.91. The first-order chi connectivity index (χ1) is 7.68. The van der Waals surface area contributed by atoms with Crippen LogP contribution in [0.3, 0.4) is 0 Å². The molecule has 0 saturated carbocycles. The van der Waals surface area contributed by atoms with E-state index in [9.17, 15) is 0 Å². The number of hydrogen-bond acceptors (Lipinski definition) is 4. The third-order valence-electron chi connectivity index (χ3n) is 2.34. The maximum absolute atomic E-state index is 8.00. The summed E-state index contributed by atoms with van der Waals surface area (Å²) in [5, 5.41) is 8.00. The Balaban J connectivity index is 2.40. The quantitative estimate of drug-likeness (QED) is 0.655. The van der Waals surface area contributed by atoms with Crippen LogP contribution in [-0.2, 0) is 0 Å². The summed E-state index contributed by atoms with van der Waals surface area (Å²) in [6.07, 6.45) is 7.49. The van der Waals surface area contributed by atoms with Gasteiger partial charge in [0.25, 0.3) is 0 Å². The molecule has 0 radical (unpaired) electrons. The highest BCUT2D eigenvalue weighted by atomic mass is 16.3. The van der Waals surface area contributed by atoms with Crippen LogP contribution in [0.15, 0.2) is 58.0 Å². The van der Waals surface area contributed by atoms with Gasteiger partial charge in [0.1, 0.15) is 5.71 Å². The van der Waals surface area contributed by atoms with Gasteiger partial charge >= 0.3 is 0 Å². The van der Waals surface area contributed by atoms with E-state index in [2.05, 4.69) is 0 Å². The molecule has 1 aromatic heterocycles. The number of allylic oxidation sites excluding steroid dienone is 4. The minimum atomic E-state index is 0.258. The van der Waals surface area contributed by atoms with Crippen molar-refractivity contribution in [2.45, 2.75) is 6.42 Å². The molecule has 0 amide bonds. The Bertz CT molecular complexity index is 492. The van der Waals surface area contributed by atoms with Crippen LogP contribution in [0.25, 0.3) is 0 Å². The van der Waals surface area contributed by atoms with Crippen molar-refractivity contribution >= 4 is 5.71 Å². The fourth-order valence-corrected chi connectivity index (χ4v) is 1.53. The summed E-state index contributed by atoms with van der Waals surface area (Å²) in [4.78, 5) is 0. The van der Waals surface area contributed by atoms with Crippen molar-refractivity contribution in [1.82, 2.24) is 0 Å². The highest BCUT2D eigenvalue weighted by molar-refractivity contribution is 6.11. The van der Waals surface area contributed by atoms with Crippen LogP contribution in [0.1, 0.15) is 12.2 Å². The Morgan fingerprint density at radius 2 is 2.19 bits per heavy atom. The molecule has 1 heterocycles. The number of nitrogens with two attached hydrogens (primary N) is 2. The molecule has 5 N–H and O–H groups in total. The Labute approximate surface area is 93.4 Å². The summed E-state index contributed by atoms with van der Waals surface area (Å²) < 4.78 is 5.17. The van der Waals surface area contributed by atoms with E-state index < -0.39 is 0 Å². The van der Waals surface area contributed by atoms with Crippen LogP contribution >= 0.6 is 0 Å². The molecule has 1 aromatic rings. The van der Waals surface area contributed by atoms with Gasteiger partial charge in [0, 0.05) is 23.4 Å². The molecule has 0 fully saturated rings. The lowest BCUT2D eigenvalue weighted by Crippen LogP contribution is -2.09. The fraction of sp³-hybridized carbons (Fsp3) is 0.0833. The Morgan fingerprint density at radius 3 is 2.88 bits per heavy atom. The van der Waals surface area contributed by atoms with Crippen LogP contribution in [0.5, 0.6) is 0 Å². The van der Waals surface area contributed by atoms with Crippen LogP contribution in [-0.4, -0.2) is 5.71 Å². The summed E-state index contributed by atoms with van der Waals surface area (Å²) in [6, 6.07) is 3.47. The lowest BCUT2D eigenvalue weighted by molar-refractivity contribution is 0.557. The molecule has 4 heteroatoms. The van der Waals surface area contributed by atoms with Gasteiger partial charge in [-0.25, -0.2) is 0 Å². The van der Waals surface area contributed by atoms with E-state index in [1.165, 1.54) is 6.26 Å². The number of rotatable bonds is 2. The lowest BCUT2D eigenvalue weighted by atomic mass is 10.0. The first-order valence-electron chi connectivity index (χ1n) is 4.93. The summed E-state index contributed by atoms with van der Waals surface area (Å²) in [6.45, 7) is 0. The third-order valence-corrected chi connectivity index (χ3v) is 2.34. The molecule has 1 aliphatic carbocycles. The van der Waals surface area contributed by atoms with Crippen LogP contribution in [0.4, 0.5) is 0 Å². The van der Waals surface area contributed by atoms with Crippen LogP contribution in [0.2, 0.25) is 0 Å². The zero-order valence-corrected chi connectivity index (χ0v) is 8.73. The van der Waals surface area contributed by atoms with Crippen molar-refractivity contribution in [2.24, 2.45) is 11.5 Å². The SMILES string of the molecule is N=C(C1=C(N)CC=CC(N)=C1)c1ccco1. The monoisotopic (exact) mass is 215 g/mol. The van der Waals surface area contributed by atoms with E-state index in [0.29, 0.717) is 29.1 Å². The molecule has 4 nitrogen and oxygen atoms in total. The lowest BCUT2D eigenvalue weighted by Gasteiger charge is -2.06. The predicted octanol–water partition coefficient (Wildman–Crippen LogP) is 1.66. The summed E-state index contributed by atoms with van der Waals surface area (Å²) >= 11 is 0. The van der Waals surface area contributed by atoms with Crippen molar-refractivity contribution < 1.29 is 4.42 Å². The van der Waals surface area contributed by atoms with Gasteiger partial charge in [0.2, 0.25) is 0 Å². The van der Waals surface area contributed by atoms with Gasteiger partial charge in [-0.05, 0) is 24.3 Å². The molecular weight excluding hydrogens is 202 g/mol. The number of nitrogens with one attached hydrogen (secondary N) is 1. The highest BCUT2D eigenvalue weighted by Gasteiger charge is 2.13. The molecule has 82 valence electrons. The standard InChI is InChI=1S/C12H13N3O/c13-8-3-1-4-10(14)9(7-8)12(15)11-5-2-6-16-11/h1-3,5-7,15H,4,13-14H2. The Morgan fingerprint density at radius 1 is 1.38 bits per heavy atom. The maximum Gasteiger partial charge on any atom is 0.152 e. The van der Waals surface area contributed by atoms with Crippen molar-refractivity contribution in [1.29, 1.82) is 5.41 Å². The molecule has 2 rings (SSSR count). The normalized spacial score (nSPS) is 15.9.